The molecule has 0 spiro atoms. The number of carbonyl (C=O) groups is 3. The predicted octanol–water partition coefficient (Wildman–Crippen LogP) is 4.70. The van der Waals surface area contributed by atoms with Crippen LogP contribution in [-0.4, -0.2) is 50.7 Å². The standard InChI is InChI=1S/C25H31ClF2O5S/c1-5-20(31)33-25(21(32)34-12-26)13(2)8-15-16-10-18(27)17-9-14(29)6-7-22(17,3)24(16,28)19(30)11-23(15,25)4/h6-7,9,13,15-16,18-19,30H,5,8,10-12H2,1-4H3/t13-,15+,16+,18+,19+,22+,23+,24+,25+/m1/s1/i1D3. The zero-order chi connectivity index (χ0) is 27.8. The van der Waals surface area contributed by atoms with Crippen LogP contribution in [0.25, 0.3) is 0 Å². The van der Waals surface area contributed by atoms with E-state index < -0.39 is 82.3 Å². The molecule has 0 radical (unpaired) electrons. The van der Waals surface area contributed by atoms with Crippen molar-refractivity contribution in [1.82, 2.24) is 0 Å². The molecule has 0 bridgehead atoms. The van der Waals surface area contributed by atoms with Crippen molar-refractivity contribution in [1.29, 1.82) is 0 Å². The monoisotopic (exact) mass is 519 g/mol. The van der Waals surface area contributed by atoms with Crippen LogP contribution in [0, 0.1) is 28.6 Å². The fourth-order valence-corrected chi connectivity index (χ4v) is 8.68. The highest BCUT2D eigenvalue weighted by molar-refractivity contribution is 8.14. The predicted molar refractivity (Wildman–Crippen MR) is 126 cm³/mol. The van der Waals surface area contributed by atoms with E-state index in [1.165, 1.54) is 19.1 Å². The summed E-state index contributed by atoms with van der Waals surface area (Å²) in [4.78, 5) is 38.4. The van der Waals surface area contributed by atoms with Crippen molar-refractivity contribution >= 4 is 40.2 Å². The normalized spacial score (nSPS) is 49.0. The second-order valence-electron chi connectivity index (χ2n) is 10.4. The molecule has 0 amide bonds. The molecule has 9 heteroatoms. The molecule has 3 saturated carbocycles. The molecular weight excluding hydrogens is 486 g/mol. The van der Waals surface area contributed by atoms with Crippen molar-refractivity contribution < 1.29 is 37.1 Å². The minimum atomic E-state index is -2.64. The Hall–Kier alpha value is -1.25. The summed E-state index contributed by atoms with van der Waals surface area (Å²) in [6.07, 6.45) is -1.12. The van der Waals surface area contributed by atoms with Crippen LogP contribution in [-0.2, 0) is 19.1 Å². The van der Waals surface area contributed by atoms with Gasteiger partial charge in [0.2, 0.25) is 5.12 Å². The van der Waals surface area contributed by atoms with Gasteiger partial charge in [0.25, 0.3) is 0 Å². The van der Waals surface area contributed by atoms with Crippen molar-refractivity contribution in [3.8, 4) is 0 Å². The number of hydrogen-bond acceptors (Lipinski definition) is 6. The lowest BCUT2D eigenvalue weighted by Gasteiger charge is -2.63. The Kier molecular flexibility index (Phi) is 5.44. The van der Waals surface area contributed by atoms with Gasteiger partial charge in [-0.2, -0.15) is 0 Å². The van der Waals surface area contributed by atoms with Gasteiger partial charge in [0, 0.05) is 33.2 Å². The van der Waals surface area contributed by atoms with Crippen LogP contribution in [0.2, 0.25) is 0 Å². The molecule has 9 atom stereocenters. The van der Waals surface area contributed by atoms with Gasteiger partial charge in [-0.3, -0.25) is 14.4 Å². The van der Waals surface area contributed by atoms with Crippen LogP contribution in [0.15, 0.2) is 23.8 Å². The van der Waals surface area contributed by atoms with E-state index in [9.17, 15) is 19.5 Å². The van der Waals surface area contributed by atoms with E-state index >= 15 is 8.78 Å². The zero-order valence-electron chi connectivity index (χ0n) is 22.3. The van der Waals surface area contributed by atoms with Crippen molar-refractivity contribution in [3.05, 3.63) is 23.8 Å². The van der Waals surface area contributed by atoms with Crippen LogP contribution in [0.4, 0.5) is 8.78 Å². The van der Waals surface area contributed by atoms with Gasteiger partial charge >= 0.3 is 5.97 Å². The molecule has 188 valence electrons. The number of ketones is 1. The highest BCUT2D eigenvalue weighted by Crippen LogP contribution is 2.72. The summed E-state index contributed by atoms with van der Waals surface area (Å²) in [5.74, 6) is -4.02. The Bertz CT molecular complexity index is 1090. The fraction of sp³-hybridized carbons (Fsp3) is 0.720. The summed E-state index contributed by atoms with van der Waals surface area (Å²) in [5, 5.41) is 10.7. The van der Waals surface area contributed by atoms with Gasteiger partial charge in [0.15, 0.2) is 17.1 Å². The third-order valence-electron chi connectivity index (χ3n) is 9.08. The Labute approximate surface area is 211 Å². The molecule has 0 aromatic rings. The number of hydrogen-bond donors (Lipinski definition) is 1. The largest absolute Gasteiger partial charge is 0.449 e. The van der Waals surface area contributed by atoms with E-state index in [2.05, 4.69) is 0 Å². The van der Waals surface area contributed by atoms with Crippen LogP contribution < -0.4 is 0 Å². The quantitative estimate of drug-likeness (QED) is 0.428. The first-order valence-electron chi connectivity index (χ1n) is 12.9. The van der Waals surface area contributed by atoms with Gasteiger partial charge < -0.3 is 9.84 Å². The SMILES string of the molecule is [2H]C([2H])([2H])CC(=O)O[C@]1(C(=O)SCCl)[C@H](C)C[C@H]2[C@@H]3C[C@H](F)C4=CC(=O)C=C[C@]4(C)[C@@]3(F)[C@@H](O)C[C@@]21C. The maximum Gasteiger partial charge on any atom is 0.306 e. The Morgan fingerprint density at radius 3 is 2.71 bits per heavy atom. The maximum atomic E-state index is 17.3. The van der Waals surface area contributed by atoms with Gasteiger partial charge in [-0.15, -0.1) is 11.6 Å². The molecule has 0 aliphatic heterocycles. The molecule has 34 heavy (non-hydrogen) atoms. The first-order chi connectivity index (χ1) is 17.0. The van der Waals surface area contributed by atoms with Gasteiger partial charge in [-0.25, -0.2) is 8.78 Å². The molecule has 0 aromatic carbocycles. The highest BCUT2D eigenvalue weighted by Gasteiger charge is 2.78. The summed E-state index contributed by atoms with van der Waals surface area (Å²) < 4.78 is 61.1. The molecule has 4 aliphatic rings. The average molecular weight is 520 g/mol. The van der Waals surface area contributed by atoms with E-state index in [0.717, 1.165) is 6.08 Å². The van der Waals surface area contributed by atoms with E-state index in [0.29, 0.717) is 11.8 Å². The number of thioether (sulfide) groups is 1. The second kappa shape index (κ2) is 8.41. The van der Waals surface area contributed by atoms with Crippen molar-refractivity contribution in [3.63, 3.8) is 0 Å². The lowest BCUT2D eigenvalue weighted by molar-refractivity contribution is -0.228. The van der Waals surface area contributed by atoms with Crippen molar-refractivity contribution in [2.45, 2.75) is 76.9 Å². The fourth-order valence-electron chi connectivity index (χ4n) is 7.59. The number of aliphatic hydroxyl groups is 1. The molecule has 3 fully saturated rings. The smallest absolute Gasteiger partial charge is 0.306 e. The molecule has 1 N–H and O–H groups in total. The Morgan fingerprint density at radius 1 is 1.35 bits per heavy atom. The number of esters is 1. The number of fused-ring (bicyclic) bond motifs is 5. The summed E-state index contributed by atoms with van der Waals surface area (Å²) in [7, 11) is 0. The van der Waals surface area contributed by atoms with Gasteiger partial charge in [-0.1, -0.05) is 38.5 Å². The van der Waals surface area contributed by atoms with E-state index in [4.69, 9.17) is 20.5 Å². The highest BCUT2D eigenvalue weighted by atomic mass is 35.5. The van der Waals surface area contributed by atoms with Crippen LogP contribution in [0.1, 0.15) is 57.4 Å². The minimum absolute atomic E-state index is 0.0170. The molecule has 0 unspecified atom stereocenters. The molecule has 4 aliphatic carbocycles. The maximum absolute atomic E-state index is 17.3. The summed E-state index contributed by atoms with van der Waals surface area (Å²) >= 11 is 6.54. The first-order valence-corrected chi connectivity index (χ1v) is 12.9. The summed E-state index contributed by atoms with van der Waals surface area (Å²) in [6.45, 7) is 2.12. The van der Waals surface area contributed by atoms with E-state index in [-0.39, 0.29) is 30.0 Å². The topological polar surface area (TPSA) is 80.7 Å². The van der Waals surface area contributed by atoms with E-state index in [1.807, 2.05) is 0 Å². The molecule has 0 heterocycles. The van der Waals surface area contributed by atoms with Crippen LogP contribution in [0.5, 0.6) is 0 Å². The molecular formula is C25H31ClF2O5S. The minimum Gasteiger partial charge on any atom is -0.449 e. The van der Waals surface area contributed by atoms with Gasteiger partial charge in [0.05, 0.1) is 11.3 Å². The Morgan fingerprint density at radius 2 is 2.06 bits per heavy atom. The average Bonchev–Trinajstić information content (AvgIpc) is 2.98. The van der Waals surface area contributed by atoms with Crippen molar-refractivity contribution in [2.75, 3.05) is 5.21 Å². The summed E-state index contributed by atoms with van der Waals surface area (Å²) in [6, 6.07) is 0. The number of allylic oxidation sites excluding steroid dienone is 4. The number of aliphatic hydroxyl groups excluding tert-OH is 1. The number of rotatable bonds is 4. The zero-order valence-corrected chi connectivity index (χ0v) is 20.8. The second-order valence-corrected chi connectivity index (χ2v) is 12.0. The van der Waals surface area contributed by atoms with Crippen molar-refractivity contribution in [2.24, 2.45) is 28.6 Å². The van der Waals surface area contributed by atoms with Gasteiger partial charge in [0.1, 0.15) is 6.17 Å². The molecule has 0 aromatic heterocycles. The molecule has 5 nitrogen and oxygen atoms in total. The third kappa shape index (κ3) is 3.10. The van der Waals surface area contributed by atoms with Crippen LogP contribution in [0.3, 0.4) is 0 Å². The Balaban J connectivity index is 1.84. The number of alkyl halides is 3. The number of ether oxygens (including phenoxy) is 1. The first kappa shape index (κ1) is 22.0. The third-order valence-corrected chi connectivity index (χ3v) is 10.1. The summed E-state index contributed by atoms with van der Waals surface area (Å²) in [5.41, 5.74) is -7.20. The number of halogens is 3. The van der Waals surface area contributed by atoms with Crippen LogP contribution >= 0.6 is 23.4 Å². The van der Waals surface area contributed by atoms with Gasteiger partial charge in [-0.05, 0) is 49.8 Å². The van der Waals surface area contributed by atoms with E-state index in [1.54, 1.807) is 13.8 Å². The number of carbonyl (C=O) groups excluding carboxylic acids is 3. The molecule has 4 rings (SSSR count). The lowest BCUT2D eigenvalue weighted by atomic mass is 9.44. The molecule has 0 saturated heterocycles. The lowest BCUT2D eigenvalue weighted by Crippen LogP contribution is -2.70.